The molecule has 1 unspecified atom stereocenters. The molecule has 1 fully saturated rings. The quantitative estimate of drug-likeness (QED) is 0.540. The fourth-order valence-electron chi connectivity index (χ4n) is 1.87. The van der Waals surface area contributed by atoms with Crippen LogP contribution in [0.15, 0.2) is 11.5 Å². The first-order chi connectivity index (χ1) is 9.84. The molecule has 1 saturated heterocycles. The minimum absolute atomic E-state index is 0.0901. The fraction of sp³-hybridized carbons (Fsp3) is 0.750. The van der Waals surface area contributed by atoms with Crippen molar-refractivity contribution in [1.29, 1.82) is 0 Å². The number of aromatic nitrogens is 3. The van der Waals surface area contributed by atoms with Gasteiger partial charge < -0.3 is 14.8 Å². The van der Waals surface area contributed by atoms with Gasteiger partial charge in [-0.1, -0.05) is 11.8 Å². The molecule has 0 spiro atoms. The number of amides is 1. The second-order valence-electron chi connectivity index (χ2n) is 4.49. The molecule has 0 bridgehead atoms. The molecule has 1 aromatic rings. The number of hydrogen-bond acceptors (Lipinski definition) is 6. The molecular formula is C12H20N4O3S. The van der Waals surface area contributed by atoms with E-state index in [0.717, 1.165) is 30.4 Å². The average molecular weight is 300 g/mol. The highest BCUT2D eigenvalue weighted by Gasteiger charge is 2.14. The van der Waals surface area contributed by atoms with Crippen LogP contribution in [0.3, 0.4) is 0 Å². The van der Waals surface area contributed by atoms with Gasteiger partial charge in [-0.3, -0.25) is 9.89 Å². The van der Waals surface area contributed by atoms with Crippen LogP contribution in [0.2, 0.25) is 0 Å². The van der Waals surface area contributed by atoms with Crippen molar-refractivity contribution in [1.82, 2.24) is 20.5 Å². The highest BCUT2D eigenvalue weighted by molar-refractivity contribution is 7.99. The van der Waals surface area contributed by atoms with Crippen molar-refractivity contribution in [2.24, 2.45) is 0 Å². The van der Waals surface area contributed by atoms with Crippen LogP contribution in [0.4, 0.5) is 0 Å². The summed E-state index contributed by atoms with van der Waals surface area (Å²) in [5, 5.41) is 10.0. The topological polar surface area (TPSA) is 89.1 Å². The lowest BCUT2D eigenvalue weighted by atomic mass is 10.1. The van der Waals surface area contributed by atoms with Gasteiger partial charge in [-0.05, 0) is 19.3 Å². The molecule has 0 aromatic carbocycles. The highest BCUT2D eigenvalue weighted by Crippen LogP contribution is 2.12. The van der Waals surface area contributed by atoms with E-state index in [1.165, 1.54) is 24.5 Å². The van der Waals surface area contributed by atoms with Gasteiger partial charge in [0.1, 0.15) is 12.9 Å². The molecule has 0 radical (unpaired) electrons. The van der Waals surface area contributed by atoms with Crippen molar-refractivity contribution in [3.8, 4) is 0 Å². The summed E-state index contributed by atoms with van der Waals surface area (Å²) in [7, 11) is 0. The average Bonchev–Trinajstić information content (AvgIpc) is 2.98. The van der Waals surface area contributed by atoms with E-state index in [9.17, 15) is 4.79 Å². The Morgan fingerprint density at radius 2 is 2.55 bits per heavy atom. The lowest BCUT2D eigenvalue weighted by Crippen LogP contribution is -2.32. The summed E-state index contributed by atoms with van der Waals surface area (Å²) >= 11 is 1.51. The first-order valence-electron chi connectivity index (χ1n) is 6.79. The minimum Gasteiger partial charge on any atom is -0.376 e. The number of nitrogens with zero attached hydrogens (tertiary/aromatic N) is 2. The molecule has 1 atom stereocenters. The smallest absolute Gasteiger partial charge is 0.246 e. The van der Waals surface area contributed by atoms with Crippen LogP contribution in [0, 0.1) is 0 Å². The number of H-pyrrole nitrogens is 1. The van der Waals surface area contributed by atoms with Crippen molar-refractivity contribution < 1.29 is 14.3 Å². The Hall–Kier alpha value is -1.12. The lowest BCUT2D eigenvalue weighted by Gasteiger charge is -2.22. The number of nitrogens with one attached hydrogen (secondary N) is 2. The first-order valence-corrected chi connectivity index (χ1v) is 7.77. The Balaban J connectivity index is 1.45. The molecule has 112 valence electrons. The standard InChI is InChI=1S/C12H20N4O3S/c17-11(8-18-7-10-3-1-2-5-19-10)13-4-6-20-12-14-9-15-16-12/h9-10H,1-8H2,(H,13,17)(H,14,15,16). The summed E-state index contributed by atoms with van der Waals surface area (Å²) in [6, 6.07) is 0. The Bertz CT molecular complexity index is 382. The predicted molar refractivity (Wildman–Crippen MR) is 74.5 cm³/mol. The van der Waals surface area contributed by atoms with Crippen molar-refractivity contribution in [3.05, 3.63) is 6.33 Å². The molecular weight excluding hydrogens is 280 g/mol. The summed E-state index contributed by atoms with van der Waals surface area (Å²) in [4.78, 5) is 15.5. The molecule has 2 rings (SSSR count). The highest BCUT2D eigenvalue weighted by atomic mass is 32.2. The second kappa shape index (κ2) is 8.93. The van der Waals surface area contributed by atoms with Gasteiger partial charge in [-0.15, -0.1) is 0 Å². The SMILES string of the molecule is O=C(COCC1CCCCO1)NCCSc1ncn[nH]1. The molecule has 2 N–H and O–H groups in total. The van der Waals surface area contributed by atoms with E-state index < -0.39 is 0 Å². The van der Waals surface area contributed by atoms with E-state index in [0.29, 0.717) is 13.2 Å². The Labute approximate surface area is 122 Å². The molecule has 2 heterocycles. The largest absolute Gasteiger partial charge is 0.376 e. The number of carbonyl (C=O) groups is 1. The summed E-state index contributed by atoms with van der Waals surface area (Å²) in [5.74, 6) is 0.645. The monoisotopic (exact) mass is 300 g/mol. The minimum atomic E-state index is -0.0982. The third-order valence-corrected chi connectivity index (χ3v) is 3.75. The van der Waals surface area contributed by atoms with Crippen LogP contribution in [-0.4, -0.2) is 59.3 Å². The molecule has 0 aliphatic carbocycles. The van der Waals surface area contributed by atoms with Gasteiger partial charge in [-0.25, -0.2) is 4.98 Å². The number of ether oxygens (including phenoxy) is 2. The summed E-state index contributed by atoms with van der Waals surface area (Å²) in [5.41, 5.74) is 0. The third-order valence-electron chi connectivity index (χ3n) is 2.87. The second-order valence-corrected chi connectivity index (χ2v) is 5.58. The molecule has 20 heavy (non-hydrogen) atoms. The number of hydrogen-bond donors (Lipinski definition) is 2. The number of rotatable bonds is 8. The van der Waals surface area contributed by atoms with Crippen LogP contribution in [-0.2, 0) is 14.3 Å². The van der Waals surface area contributed by atoms with E-state index >= 15 is 0 Å². The van der Waals surface area contributed by atoms with Crippen molar-refractivity contribution in [2.45, 2.75) is 30.5 Å². The third kappa shape index (κ3) is 5.89. The van der Waals surface area contributed by atoms with Crippen LogP contribution < -0.4 is 5.32 Å². The first kappa shape index (κ1) is 15.3. The predicted octanol–water partition coefficient (Wildman–Crippen LogP) is 0.599. The normalized spacial score (nSPS) is 18.9. The molecule has 0 saturated carbocycles. The van der Waals surface area contributed by atoms with E-state index in [-0.39, 0.29) is 18.6 Å². The molecule has 1 aliphatic rings. The lowest BCUT2D eigenvalue weighted by molar-refractivity contribution is -0.127. The summed E-state index contributed by atoms with van der Waals surface area (Å²) < 4.78 is 10.9. The van der Waals surface area contributed by atoms with Gasteiger partial charge in [0, 0.05) is 18.9 Å². The molecule has 1 aliphatic heterocycles. The van der Waals surface area contributed by atoms with Gasteiger partial charge in [-0.2, -0.15) is 5.10 Å². The Morgan fingerprint density at radius 3 is 3.30 bits per heavy atom. The summed E-state index contributed by atoms with van der Waals surface area (Å²) in [6.07, 6.45) is 4.94. The van der Waals surface area contributed by atoms with E-state index in [2.05, 4.69) is 20.5 Å². The van der Waals surface area contributed by atoms with Crippen LogP contribution >= 0.6 is 11.8 Å². The van der Waals surface area contributed by atoms with Crippen LogP contribution in [0.5, 0.6) is 0 Å². The maximum atomic E-state index is 11.5. The number of aromatic amines is 1. The van der Waals surface area contributed by atoms with Gasteiger partial charge in [0.2, 0.25) is 5.91 Å². The maximum Gasteiger partial charge on any atom is 0.246 e. The van der Waals surface area contributed by atoms with Crippen molar-refractivity contribution >= 4 is 17.7 Å². The molecule has 1 amide bonds. The molecule has 8 heteroatoms. The van der Waals surface area contributed by atoms with Crippen LogP contribution in [0.25, 0.3) is 0 Å². The van der Waals surface area contributed by atoms with Gasteiger partial charge in [0.25, 0.3) is 0 Å². The molecule has 1 aromatic heterocycles. The molecule has 7 nitrogen and oxygen atoms in total. The zero-order valence-electron chi connectivity index (χ0n) is 11.3. The fourth-order valence-corrected chi connectivity index (χ4v) is 2.51. The zero-order chi connectivity index (χ0) is 14.0. The summed E-state index contributed by atoms with van der Waals surface area (Å²) in [6.45, 7) is 1.97. The van der Waals surface area contributed by atoms with Gasteiger partial charge in [0.05, 0.1) is 12.7 Å². The number of thioether (sulfide) groups is 1. The van der Waals surface area contributed by atoms with Gasteiger partial charge in [0.15, 0.2) is 5.16 Å². The van der Waals surface area contributed by atoms with E-state index in [1.807, 2.05) is 0 Å². The van der Waals surface area contributed by atoms with E-state index in [1.54, 1.807) is 0 Å². The van der Waals surface area contributed by atoms with Gasteiger partial charge >= 0.3 is 0 Å². The zero-order valence-corrected chi connectivity index (χ0v) is 12.2. The maximum absolute atomic E-state index is 11.5. The number of carbonyl (C=O) groups excluding carboxylic acids is 1. The Kier molecular flexibility index (Phi) is 6.82. The van der Waals surface area contributed by atoms with Crippen LogP contribution in [0.1, 0.15) is 19.3 Å². The van der Waals surface area contributed by atoms with Crippen molar-refractivity contribution in [2.75, 3.05) is 32.1 Å². The Morgan fingerprint density at radius 1 is 1.60 bits per heavy atom. The van der Waals surface area contributed by atoms with Crippen molar-refractivity contribution in [3.63, 3.8) is 0 Å². The van der Waals surface area contributed by atoms with E-state index in [4.69, 9.17) is 9.47 Å².